The highest BCUT2D eigenvalue weighted by Gasteiger charge is 2.19. The van der Waals surface area contributed by atoms with E-state index in [2.05, 4.69) is 38.0 Å². The number of rotatable bonds is 3. The zero-order valence-electron chi connectivity index (χ0n) is 9.71. The van der Waals surface area contributed by atoms with Crippen LogP contribution in [0.25, 0.3) is 0 Å². The van der Waals surface area contributed by atoms with E-state index in [-0.39, 0.29) is 0 Å². The van der Waals surface area contributed by atoms with Crippen LogP contribution in [0.15, 0.2) is 4.99 Å². The molecule has 0 aromatic heterocycles. The van der Waals surface area contributed by atoms with Crippen LogP contribution in [0.3, 0.4) is 0 Å². The molecule has 2 nitrogen and oxygen atoms in total. The topological polar surface area (TPSA) is 24.4 Å². The van der Waals surface area contributed by atoms with Crippen LogP contribution in [0.1, 0.15) is 40.5 Å². The second kappa shape index (κ2) is 5.64. The van der Waals surface area contributed by atoms with Gasteiger partial charge in [0.1, 0.15) is 0 Å². The molecule has 82 valence electrons. The second-order valence-electron chi connectivity index (χ2n) is 4.12. The first kappa shape index (κ1) is 11.9. The third-order valence-corrected chi connectivity index (χ3v) is 4.13. The van der Waals surface area contributed by atoms with E-state index in [4.69, 9.17) is 0 Å². The highest BCUT2D eigenvalue weighted by Crippen LogP contribution is 2.22. The maximum absolute atomic E-state index is 4.67. The summed E-state index contributed by atoms with van der Waals surface area (Å²) in [5.74, 6) is 1.92. The minimum atomic E-state index is 0.480. The Hall–Kier alpha value is -0.180. The Morgan fingerprint density at radius 3 is 2.57 bits per heavy atom. The Bertz CT molecular complexity index is 199. The summed E-state index contributed by atoms with van der Waals surface area (Å²) in [5, 5.41) is 4.68. The summed E-state index contributed by atoms with van der Waals surface area (Å²) >= 11 is 1.87. The largest absolute Gasteiger partial charge is 0.362 e. The molecule has 1 aliphatic heterocycles. The normalized spacial score (nSPS) is 27.6. The van der Waals surface area contributed by atoms with Crippen LogP contribution in [0, 0.1) is 5.92 Å². The predicted molar refractivity (Wildman–Crippen MR) is 66.0 cm³/mol. The first-order chi connectivity index (χ1) is 6.67. The minimum absolute atomic E-state index is 0.480. The molecule has 0 bridgehead atoms. The van der Waals surface area contributed by atoms with Crippen molar-refractivity contribution in [3.8, 4) is 0 Å². The summed E-state index contributed by atoms with van der Waals surface area (Å²) in [6, 6.07) is 1.08. The third kappa shape index (κ3) is 3.19. The van der Waals surface area contributed by atoms with Gasteiger partial charge >= 0.3 is 0 Å². The first-order valence-electron chi connectivity index (χ1n) is 5.64. The molecule has 0 aromatic rings. The van der Waals surface area contributed by atoms with Crippen molar-refractivity contribution in [2.24, 2.45) is 10.9 Å². The molecular weight excluding hydrogens is 192 g/mol. The molecule has 0 fully saturated rings. The molecule has 0 saturated heterocycles. The molecule has 2 unspecified atom stereocenters. The van der Waals surface area contributed by atoms with Crippen LogP contribution in [-0.2, 0) is 0 Å². The Morgan fingerprint density at radius 1 is 1.43 bits per heavy atom. The van der Waals surface area contributed by atoms with E-state index in [1.807, 2.05) is 11.8 Å². The van der Waals surface area contributed by atoms with Gasteiger partial charge < -0.3 is 5.32 Å². The van der Waals surface area contributed by atoms with Gasteiger partial charge in [-0.2, -0.15) is 0 Å². The number of aliphatic imine (C=N–C) groups is 1. The molecule has 0 radical (unpaired) electrons. The fourth-order valence-corrected chi connectivity index (χ4v) is 2.64. The number of nitrogens with one attached hydrogen (secondary N) is 1. The molecule has 1 rings (SSSR count). The first-order valence-corrected chi connectivity index (χ1v) is 6.63. The van der Waals surface area contributed by atoms with Crippen LogP contribution >= 0.6 is 11.8 Å². The Balaban J connectivity index is 2.48. The predicted octanol–water partition coefficient (Wildman–Crippen LogP) is 2.89. The monoisotopic (exact) mass is 214 g/mol. The summed E-state index contributed by atoms with van der Waals surface area (Å²) in [6.07, 6.45) is 2.36. The summed E-state index contributed by atoms with van der Waals surface area (Å²) in [7, 11) is 0. The molecule has 0 saturated carbocycles. The number of amidine groups is 1. The molecule has 3 heteroatoms. The summed E-state index contributed by atoms with van der Waals surface area (Å²) in [4.78, 5) is 4.67. The van der Waals surface area contributed by atoms with Crippen LogP contribution < -0.4 is 5.32 Å². The Morgan fingerprint density at radius 2 is 2.07 bits per heavy atom. The van der Waals surface area contributed by atoms with Gasteiger partial charge in [-0.1, -0.05) is 32.5 Å². The van der Waals surface area contributed by atoms with Crippen molar-refractivity contribution in [1.82, 2.24) is 5.32 Å². The molecule has 0 aromatic carbocycles. The van der Waals surface area contributed by atoms with Crippen LogP contribution in [-0.4, -0.2) is 23.0 Å². The van der Waals surface area contributed by atoms with Gasteiger partial charge in [0.25, 0.3) is 0 Å². The van der Waals surface area contributed by atoms with E-state index in [1.54, 1.807) is 0 Å². The Labute approximate surface area is 92.0 Å². The van der Waals surface area contributed by atoms with Crippen molar-refractivity contribution in [2.75, 3.05) is 5.75 Å². The zero-order valence-corrected chi connectivity index (χ0v) is 10.5. The van der Waals surface area contributed by atoms with Gasteiger partial charge in [-0.05, 0) is 25.7 Å². The number of thioether (sulfide) groups is 1. The standard InChI is InChI=1S/C11H22N2S/c1-5-10(6-2)13-11-12-9(4)8(3)7-14-11/h8-10H,5-7H2,1-4H3,(H,12,13). The van der Waals surface area contributed by atoms with Gasteiger partial charge in [0, 0.05) is 11.8 Å². The summed E-state index contributed by atoms with van der Waals surface area (Å²) < 4.78 is 0. The van der Waals surface area contributed by atoms with Crippen molar-refractivity contribution in [3.63, 3.8) is 0 Å². The Kier molecular flexibility index (Phi) is 4.79. The minimum Gasteiger partial charge on any atom is -0.362 e. The summed E-state index contributed by atoms with van der Waals surface area (Å²) in [5.41, 5.74) is 0. The van der Waals surface area contributed by atoms with E-state index < -0.39 is 0 Å². The van der Waals surface area contributed by atoms with Gasteiger partial charge in [-0.3, -0.25) is 4.99 Å². The smallest absolute Gasteiger partial charge is 0.157 e. The van der Waals surface area contributed by atoms with E-state index in [0.29, 0.717) is 18.0 Å². The number of hydrogen-bond donors (Lipinski definition) is 1. The van der Waals surface area contributed by atoms with E-state index in [0.717, 1.165) is 5.17 Å². The van der Waals surface area contributed by atoms with Crippen LogP contribution in [0.2, 0.25) is 0 Å². The van der Waals surface area contributed by atoms with Gasteiger partial charge in [-0.25, -0.2) is 0 Å². The third-order valence-electron chi connectivity index (χ3n) is 2.94. The fourth-order valence-electron chi connectivity index (χ4n) is 1.45. The lowest BCUT2D eigenvalue weighted by molar-refractivity contribution is 0.524. The van der Waals surface area contributed by atoms with Crippen molar-refractivity contribution in [2.45, 2.75) is 52.6 Å². The van der Waals surface area contributed by atoms with Crippen LogP contribution in [0.4, 0.5) is 0 Å². The molecular formula is C11H22N2S. The van der Waals surface area contributed by atoms with Crippen molar-refractivity contribution in [1.29, 1.82) is 0 Å². The quantitative estimate of drug-likeness (QED) is 0.781. The van der Waals surface area contributed by atoms with Gasteiger partial charge in [0.2, 0.25) is 0 Å². The van der Waals surface area contributed by atoms with E-state index >= 15 is 0 Å². The van der Waals surface area contributed by atoms with Gasteiger partial charge in [0.05, 0.1) is 6.04 Å². The number of hydrogen-bond acceptors (Lipinski definition) is 3. The highest BCUT2D eigenvalue weighted by atomic mass is 32.2. The maximum atomic E-state index is 4.67. The molecule has 0 aliphatic carbocycles. The molecule has 1 N–H and O–H groups in total. The van der Waals surface area contributed by atoms with Gasteiger partial charge in [-0.15, -0.1) is 0 Å². The SMILES string of the molecule is CCC(CC)NC1=NC(C)C(C)CS1. The lowest BCUT2D eigenvalue weighted by atomic mass is 10.1. The molecule has 14 heavy (non-hydrogen) atoms. The average Bonchev–Trinajstić information content (AvgIpc) is 2.19. The highest BCUT2D eigenvalue weighted by molar-refractivity contribution is 8.13. The van der Waals surface area contributed by atoms with E-state index in [9.17, 15) is 0 Å². The van der Waals surface area contributed by atoms with Crippen LogP contribution in [0.5, 0.6) is 0 Å². The van der Waals surface area contributed by atoms with Gasteiger partial charge in [0.15, 0.2) is 5.17 Å². The summed E-state index contributed by atoms with van der Waals surface area (Å²) in [6.45, 7) is 8.93. The molecule has 0 spiro atoms. The van der Waals surface area contributed by atoms with E-state index in [1.165, 1.54) is 18.6 Å². The fraction of sp³-hybridized carbons (Fsp3) is 0.909. The lowest BCUT2D eigenvalue weighted by Crippen LogP contribution is -2.36. The molecule has 1 aliphatic rings. The average molecular weight is 214 g/mol. The molecule has 2 atom stereocenters. The number of nitrogens with zero attached hydrogens (tertiary/aromatic N) is 1. The second-order valence-corrected chi connectivity index (χ2v) is 5.13. The lowest BCUT2D eigenvalue weighted by Gasteiger charge is -2.26. The molecule has 0 amide bonds. The van der Waals surface area contributed by atoms with Crippen molar-refractivity contribution in [3.05, 3.63) is 0 Å². The molecule has 1 heterocycles. The zero-order chi connectivity index (χ0) is 10.6. The maximum Gasteiger partial charge on any atom is 0.157 e. The van der Waals surface area contributed by atoms with Crippen molar-refractivity contribution >= 4 is 16.9 Å². The van der Waals surface area contributed by atoms with Crippen molar-refractivity contribution < 1.29 is 0 Å².